The molecule has 0 bridgehead atoms. The molecule has 5 heterocycles. The molecule has 1 amide bonds. The predicted octanol–water partition coefficient (Wildman–Crippen LogP) is 4.05. The number of rotatable bonds is 8. The Morgan fingerprint density at radius 3 is 2.82 bits per heavy atom. The molecule has 8 unspecified atom stereocenters. The quantitative estimate of drug-likeness (QED) is 0.0850. The Labute approximate surface area is 340 Å². The van der Waals surface area contributed by atoms with Crippen LogP contribution in [-0.4, -0.2) is 94.6 Å². The number of hydrogen-bond acceptors (Lipinski definition) is 13. The van der Waals surface area contributed by atoms with Gasteiger partial charge in [-0.1, -0.05) is 51.5 Å². The van der Waals surface area contributed by atoms with Crippen molar-refractivity contribution in [3.63, 3.8) is 0 Å². The van der Waals surface area contributed by atoms with Crippen LogP contribution in [0.15, 0.2) is 85.9 Å². The van der Waals surface area contributed by atoms with Crippen LogP contribution in [0.3, 0.4) is 0 Å². The molecule has 1 spiro atoms. The van der Waals surface area contributed by atoms with Crippen LogP contribution in [0.5, 0.6) is 5.75 Å². The lowest BCUT2D eigenvalue weighted by Gasteiger charge is -2.55. The minimum absolute atomic E-state index is 0.0733. The standard InChI is InChI=1S/C43H52N4O8S2/c1-5-23(2)40(51)55-42(3)10-8-25-22-56-57-35-7-6-32(45-4)31-20-47(39(31)35)37(50)15-29-19-46-36(44)16-30(29)38(25)43(42)18-28-14-26-13-27(12-24(21-49)9-11-48)41(52)53-33(26)17-34(28)54-43/h5-8,13-14,16-17,24,31-32,35,38-39,45-46,48-49H,9-12,15,18-22,44H2,1-4H3. The Morgan fingerprint density at radius 1 is 1.25 bits per heavy atom. The minimum atomic E-state index is -1.19. The first-order valence-electron chi connectivity index (χ1n) is 19.8. The van der Waals surface area contributed by atoms with Crippen molar-refractivity contribution < 1.29 is 33.7 Å². The summed E-state index contributed by atoms with van der Waals surface area (Å²) >= 11 is 0. The van der Waals surface area contributed by atoms with Gasteiger partial charge in [-0.15, -0.1) is 0 Å². The fourth-order valence-electron chi connectivity index (χ4n) is 9.68. The lowest BCUT2D eigenvalue weighted by Crippen LogP contribution is -2.68. The molecular formula is C43H52N4O8S2. The third-order valence-corrected chi connectivity index (χ3v) is 15.7. The molecule has 6 aliphatic rings. The number of amides is 1. The second-order valence-electron chi connectivity index (χ2n) is 16.4. The molecule has 1 fully saturated rings. The molecule has 1 saturated heterocycles. The van der Waals surface area contributed by atoms with Crippen molar-refractivity contribution in [1.29, 1.82) is 0 Å². The molecule has 0 radical (unpaired) electrons. The maximum atomic E-state index is 14.4. The number of nitrogens with two attached hydrogens (primary N) is 1. The van der Waals surface area contributed by atoms with Crippen LogP contribution in [0.25, 0.3) is 11.0 Å². The lowest BCUT2D eigenvalue weighted by molar-refractivity contribution is -0.186. The highest BCUT2D eigenvalue weighted by atomic mass is 33.1. The molecule has 2 aliphatic carbocycles. The fraction of sp³-hybridized carbons (Fsp3) is 0.512. The van der Waals surface area contributed by atoms with Gasteiger partial charge in [0.05, 0.1) is 29.5 Å². The lowest BCUT2D eigenvalue weighted by atomic mass is 9.61. The average molecular weight is 817 g/mol. The van der Waals surface area contributed by atoms with Gasteiger partial charge in [0.25, 0.3) is 0 Å². The second kappa shape index (κ2) is 15.7. The monoisotopic (exact) mass is 816 g/mol. The molecule has 6 N–H and O–H groups in total. The van der Waals surface area contributed by atoms with E-state index in [2.05, 4.69) is 28.9 Å². The Kier molecular flexibility index (Phi) is 11.0. The van der Waals surface area contributed by atoms with Gasteiger partial charge in [-0.2, -0.15) is 0 Å². The van der Waals surface area contributed by atoms with Crippen molar-refractivity contribution in [3.05, 3.63) is 98.2 Å². The number of hydrogen-bond donors (Lipinski definition) is 5. The minimum Gasteiger partial charge on any atom is -0.481 e. The third-order valence-electron chi connectivity index (χ3n) is 13.1. The SMILES string of the molecule is CC=C(C)C(=O)OC1(C)CC=C2CSSC3C=CC(NC)C4CN(C(=O)CC5=C(C=C(N)NC5)C2C12Cc1cc5cc(CC(CO)CCO)c(=O)oc5cc1O2)C34. The molecular weight excluding hydrogens is 765 g/mol. The van der Waals surface area contributed by atoms with Crippen molar-refractivity contribution >= 4 is 44.4 Å². The summed E-state index contributed by atoms with van der Waals surface area (Å²) in [7, 11) is 5.54. The van der Waals surface area contributed by atoms with Gasteiger partial charge >= 0.3 is 11.6 Å². The van der Waals surface area contributed by atoms with E-state index >= 15 is 0 Å². The number of carbonyl (C=O) groups is 2. The molecule has 8 rings (SSSR count). The Bertz CT molecular complexity index is 2200. The number of dihydropyridines is 1. The van der Waals surface area contributed by atoms with Crippen LogP contribution >= 0.6 is 21.6 Å². The molecule has 8 atom stereocenters. The zero-order chi connectivity index (χ0) is 40.2. The van der Waals surface area contributed by atoms with E-state index in [0.717, 1.165) is 22.3 Å². The zero-order valence-corrected chi connectivity index (χ0v) is 34.5. The van der Waals surface area contributed by atoms with E-state index in [9.17, 15) is 24.6 Å². The Morgan fingerprint density at radius 2 is 2.07 bits per heavy atom. The van der Waals surface area contributed by atoms with Crippen LogP contribution in [0.4, 0.5) is 0 Å². The van der Waals surface area contributed by atoms with Crippen molar-refractivity contribution in [2.45, 2.75) is 81.4 Å². The maximum Gasteiger partial charge on any atom is 0.339 e. The Hall–Kier alpha value is -3.95. The van der Waals surface area contributed by atoms with Gasteiger partial charge in [0, 0.05) is 79.4 Å². The van der Waals surface area contributed by atoms with Crippen molar-refractivity contribution in [2.75, 3.05) is 39.1 Å². The van der Waals surface area contributed by atoms with Crippen LogP contribution in [0.1, 0.15) is 51.2 Å². The van der Waals surface area contributed by atoms with E-state index in [0.29, 0.717) is 77.7 Å². The van der Waals surface area contributed by atoms with Crippen LogP contribution in [-0.2, 0) is 27.2 Å². The molecule has 57 heavy (non-hydrogen) atoms. The van der Waals surface area contributed by atoms with Crippen LogP contribution in [0, 0.1) is 17.8 Å². The van der Waals surface area contributed by atoms with E-state index in [1.165, 1.54) is 0 Å². The predicted molar refractivity (Wildman–Crippen MR) is 222 cm³/mol. The number of likely N-dealkylation sites (N-methyl/N-ethyl adjacent to an activating group) is 1. The number of nitrogens with one attached hydrogen (secondary N) is 2. The highest BCUT2D eigenvalue weighted by molar-refractivity contribution is 8.77. The van der Waals surface area contributed by atoms with E-state index in [4.69, 9.17) is 19.6 Å². The normalized spacial score (nSPS) is 31.3. The van der Waals surface area contributed by atoms with Gasteiger partial charge < -0.3 is 45.4 Å². The molecule has 1 aromatic heterocycles. The van der Waals surface area contributed by atoms with Gasteiger partial charge in [0.2, 0.25) is 5.91 Å². The fourth-order valence-corrected chi connectivity index (χ4v) is 12.6. The number of benzene rings is 1. The summed E-state index contributed by atoms with van der Waals surface area (Å²) in [5, 5.41) is 26.9. The third kappa shape index (κ3) is 6.94. The average Bonchev–Trinajstić information content (AvgIpc) is 3.55. The number of carbonyl (C=O) groups excluding carboxylic acids is 2. The summed E-state index contributed by atoms with van der Waals surface area (Å²) < 4.78 is 19.8. The van der Waals surface area contributed by atoms with E-state index in [1.807, 2.05) is 31.0 Å². The van der Waals surface area contributed by atoms with Gasteiger partial charge in [0.15, 0.2) is 11.2 Å². The molecule has 304 valence electrons. The molecule has 1 aromatic carbocycles. The number of aliphatic hydroxyl groups excluding tert-OH is 2. The van der Waals surface area contributed by atoms with E-state index in [-0.39, 0.29) is 55.2 Å². The summed E-state index contributed by atoms with van der Waals surface area (Å²) in [5.41, 5.74) is 8.71. The highest BCUT2D eigenvalue weighted by Crippen LogP contribution is 2.58. The van der Waals surface area contributed by atoms with Gasteiger partial charge in [0.1, 0.15) is 11.3 Å². The van der Waals surface area contributed by atoms with Crippen molar-refractivity contribution in [3.8, 4) is 5.75 Å². The van der Waals surface area contributed by atoms with Crippen LogP contribution < -0.4 is 26.7 Å². The number of nitrogens with zero attached hydrogens (tertiary/aromatic N) is 1. The molecule has 14 heteroatoms. The summed E-state index contributed by atoms with van der Waals surface area (Å²) in [4.78, 5) is 43.4. The second-order valence-corrected chi connectivity index (χ2v) is 19.0. The summed E-state index contributed by atoms with van der Waals surface area (Å²) in [6.45, 7) is 6.30. The van der Waals surface area contributed by atoms with Gasteiger partial charge in [-0.3, -0.25) is 4.79 Å². The molecule has 2 aromatic rings. The Balaban J connectivity index is 1.26. The molecule has 4 aliphatic heterocycles. The number of aliphatic hydroxyl groups is 2. The summed E-state index contributed by atoms with van der Waals surface area (Å²) in [6, 6.07) is 5.85. The van der Waals surface area contributed by atoms with Crippen LogP contribution in [0.2, 0.25) is 0 Å². The first-order valence-corrected chi connectivity index (χ1v) is 22.2. The largest absolute Gasteiger partial charge is 0.481 e. The first kappa shape index (κ1) is 39.9. The summed E-state index contributed by atoms with van der Waals surface area (Å²) in [6.07, 6.45) is 11.9. The summed E-state index contributed by atoms with van der Waals surface area (Å²) in [5.74, 6) is 0.891. The van der Waals surface area contributed by atoms with Crippen molar-refractivity contribution in [2.24, 2.45) is 23.5 Å². The maximum absolute atomic E-state index is 14.4. The topological polar surface area (TPSA) is 177 Å². The van der Waals surface area contributed by atoms with Gasteiger partial charge in [-0.25, -0.2) is 9.59 Å². The highest BCUT2D eigenvalue weighted by Gasteiger charge is 2.64. The first-order chi connectivity index (χ1) is 27.4. The van der Waals surface area contributed by atoms with Crippen molar-refractivity contribution in [1.82, 2.24) is 15.5 Å². The zero-order valence-electron chi connectivity index (χ0n) is 32.8. The van der Waals surface area contributed by atoms with Gasteiger partial charge in [-0.05, 0) is 81.5 Å². The molecule has 0 saturated carbocycles. The number of ether oxygens (including phenoxy) is 2. The van der Waals surface area contributed by atoms with E-state index in [1.54, 1.807) is 53.6 Å². The molecule has 12 nitrogen and oxygen atoms in total. The number of fused-ring (bicyclic) bond motifs is 5. The smallest absolute Gasteiger partial charge is 0.339 e. The van der Waals surface area contributed by atoms with E-state index < -0.39 is 28.7 Å². The number of esters is 1. The number of allylic oxidation sites excluding steroid dienone is 2.